The molecule has 2 aromatic rings. The van der Waals surface area contributed by atoms with E-state index >= 15 is 0 Å². The van der Waals surface area contributed by atoms with Gasteiger partial charge < -0.3 is 9.84 Å². The first kappa shape index (κ1) is 15.8. The second kappa shape index (κ2) is 6.94. The van der Waals surface area contributed by atoms with Crippen LogP contribution in [0.5, 0.6) is 5.75 Å². The van der Waals surface area contributed by atoms with Crippen molar-refractivity contribution in [3.8, 4) is 5.75 Å². The number of methoxy groups -OCH3 is 1. The van der Waals surface area contributed by atoms with Gasteiger partial charge in [0.15, 0.2) is 0 Å². The Morgan fingerprint density at radius 2 is 1.95 bits per heavy atom. The van der Waals surface area contributed by atoms with Gasteiger partial charge in [-0.15, -0.1) is 0 Å². The van der Waals surface area contributed by atoms with Gasteiger partial charge in [0.25, 0.3) is 0 Å². The Morgan fingerprint density at radius 3 is 2.60 bits per heavy atom. The summed E-state index contributed by atoms with van der Waals surface area (Å²) >= 11 is 13.0. The van der Waals surface area contributed by atoms with Crippen molar-refractivity contribution in [3.63, 3.8) is 0 Å². The van der Waals surface area contributed by atoms with Gasteiger partial charge in [-0.3, -0.25) is 0 Å². The monoisotopic (exact) mass is 418 g/mol. The number of halogens is 3. The molecular formula is C15H13Br2ClO2. The van der Waals surface area contributed by atoms with Crippen molar-refractivity contribution >= 4 is 43.5 Å². The van der Waals surface area contributed by atoms with E-state index in [4.69, 9.17) is 16.3 Å². The van der Waals surface area contributed by atoms with Crippen molar-refractivity contribution in [3.05, 3.63) is 61.5 Å². The topological polar surface area (TPSA) is 29.5 Å². The third-order valence-corrected chi connectivity index (χ3v) is 4.92. The third-order valence-electron chi connectivity index (χ3n) is 2.99. The van der Waals surface area contributed by atoms with E-state index in [0.29, 0.717) is 17.0 Å². The Labute approximate surface area is 140 Å². The molecule has 0 amide bonds. The fourth-order valence-electron chi connectivity index (χ4n) is 1.95. The summed E-state index contributed by atoms with van der Waals surface area (Å²) < 4.78 is 6.84. The smallest absolute Gasteiger partial charge is 0.133 e. The molecule has 1 atom stereocenters. The van der Waals surface area contributed by atoms with Gasteiger partial charge in [-0.1, -0.05) is 29.8 Å². The molecule has 2 nitrogen and oxygen atoms in total. The van der Waals surface area contributed by atoms with Crippen LogP contribution >= 0.6 is 43.5 Å². The summed E-state index contributed by atoms with van der Waals surface area (Å²) in [6.45, 7) is 0. The number of aliphatic hydroxyl groups is 1. The lowest BCUT2D eigenvalue weighted by Crippen LogP contribution is -2.03. The van der Waals surface area contributed by atoms with Gasteiger partial charge >= 0.3 is 0 Å². The van der Waals surface area contributed by atoms with Crippen LogP contribution in [0.4, 0.5) is 0 Å². The Bertz CT molecular complexity index is 617. The Morgan fingerprint density at radius 1 is 1.20 bits per heavy atom. The molecule has 0 fully saturated rings. The van der Waals surface area contributed by atoms with E-state index in [1.54, 1.807) is 7.11 Å². The summed E-state index contributed by atoms with van der Waals surface area (Å²) in [6.07, 6.45) is -0.168. The molecule has 0 aliphatic heterocycles. The van der Waals surface area contributed by atoms with Crippen molar-refractivity contribution in [1.29, 1.82) is 0 Å². The molecular weight excluding hydrogens is 407 g/mol. The van der Waals surface area contributed by atoms with Crippen molar-refractivity contribution in [2.24, 2.45) is 0 Å². The maximum absolute atomic E-state index is 10.3. The van der Waals surface area contributed by atoms with Crippen LogP contribution < -0.4 is 4.74 Å². The van der Waals surface area contributed by atoms with E-state index in [1.807, 2.05) is 36.4 Å². The highest BCUT2D eigenvalue weighted by molar-refractivity contribution is 9.10. The number of ether oxygens (including phenoxy) is 1. The van der Waals surface area contributed by atoms with Crippen LogP contribution in [0.2, 0.25) is 5.02 Å². The second-order valence-electron chi connectivity index (χ2n) is 4.33. The van der Waals surface area contributed by atoms with Crippen molar-refractivity contribution in [1.82, 2.24) is 0 Å². The minimum absolute atomic E-state index is 0.485. The van der Waals surface area contributed by atoms with E-state index in [0.717, 1.165) is 20.3 Å². The Balaban J connectivity index is 2.21. The predicted molar refractivity (Wildman–Crippen MR) is 88.5 cm³/mol. The zero-order valence-electron chi connectivity index (χ0n) is 10.7. The van der Waals surface area contributed by atoms with E-state index in [-0.39, 0.29) is 0 Å². The van der Waals surface area contributed by atoms with Crippen LogP contribution in [0.15, 0.2) is 45.3 Å². The molecule has 0 bridgehead atoms. The molecule has 0 heterocycles. The number of hydrogen-bond acceptors (Lipinski definition) is 2. The van der Waals surface area contributed by atoms with E-state index in [2.05, 4.69) is 31.9 Å². The molecule has 0 radical (unpaired) electrons. The largest absolute Gasteiger partial charge is 0.496 e. The third kappa shape index (κ3) is 3.55. The van der Waals surface area contributed by atoms with Gasteiger partial charge in [-0.25, -0.2) is 0 Å². The van der Waals surface area contributed by atoms with Crippen LogP contribution in [0, 0.1) is 0 Å². The van der Waals surface area contributed by atoms with Gasteiger partial charge in [0.2, 0.25) is 0 Å². The first-order chi connectivity index (χ1) is 9.52. The maximum atomic E-state index is 10.3. The molecule has 2 aromatic carbocycles. The fourth-order valence-corrected chi connectivity index (χ4v) is 3.17. The van der Waals surface area contributed by atoms with E-state index < -0.39 is 6.10 Å². The summed E-state index contributed by atoms with van der Waals surface area (Å²) in [7, 11) is 1.62. The van der Waals surface area contributed by atoms with Crippen LogP contribution in [0.3, 0.4) is 0 Å². The minimum Gasteiger partial charge on any atom is -0.496 e. The van der Waals surface area contributed by atoms with Crippen LogP contribution in [-0.2, 0) is 6.42 Å². The van der Waals surface area contributed by atoms with Crippen molar-refractivity contribution < 1.29 is 9.84 Å². The van der Waals surface area contributed by atoms with Crippen LogP contribution in [-0.4, -0.2) is 12.2 Å². The molecule has 0 spiro atoms. The number of hydrogen-bond donors (Lipinski definition) is 1. The maximum Gasteiger partial charge on any atom is 0.133 e. The zero-order chi connectivity index (χ0) is 14.7. The highest BCUT2D eigenvalue weighted by Gasteiger charge is 2.14. The van der Waals surface area contributed by atoms with Gasteiger partial charge in [0, 0.05) is 16.5 Å². The lowest BCUT2D eigenvalue weighted by Gasteiger charge is -2.14. The summed E-state index contributed by atoms with van der Waals surface area (Å²) in [5.41, 5.74) is 1.72. The summed E-state index contributed by atoms with van der Waals surface area (Å²) in [4.78, 5) is 0. The molecule has 0 aliphatic carbocycles. The number of rotatable bonds is 4. The average molecular weight is 421 g/mol. The molecule has 0 saturated heterocycles. The predicted octanol–water partition coefficient (Wildman–Crippen LogP) is 5.15. The Kier molecular flexibility index (Phi) is 5.49. The highest BCUT2D eigenvalue weighted by Crippen LogP contribution is 2.33. The zero-order valence-corrected chi connectivity index (χ0v) is 14.7. The fraction of sp³-hybridized carbons (Fsp3) is 0.200. The summed E-state index contributed by atoms with van der Waals surface area (Å²) in [5, 5.41) is 10.9. The lowest BCUT2D eigenvalue weighted by molar-refractivity contribution is 0.178. The van der Waals surface area contributed by atoms with Crippen molar-refractivity contribution in [2.75, 3.05) is 7.11 Å². The number of aliphatic hydroxyl groups excluding tert-OH is 1. The molecule has 5 heteroatoms. The average Bonchev–Trinajstić information content (AvgIpc) is 2.42. The molecule has 1 unspecified atom stereocenters. The lowest BCUT2D eigenvalue weighted by atomic mass is 10.0. The molecule has 2 rings (SSSR count). The van der Waals surface area contributed by atoms with E-state index in [9.17, 15) is 5.11 Å². The van der Waals surface area contributed by atoms with E-state index in [1.165, 1.54) is 0 Å². The normalized spacial score (nSPS) is 12.2. The SMILES string of the molecule is COc1ccc(CC(O)c2cccc(Br)c2Cl)cc1Br. The Hall–Kier alpha value is -0.550. The molecule has 106 valence electrons. The standard InChI is InChI=1S/C15H13Br2ClO2/c1-20-14-6-5-9(7-12(14)17)8-13(19)10-3-2-4-11(16)15(10)18/h2-7,13,19H,8H2,1H3. The van der Waals surface area contributed by atoms with Crippen LogP contribution in [0.25, 0.3) is 0 Å². The summed E-state index contributed by atoms with van der Waals surface area (Å²) in [5.74, 6) is 0.767. The van der Waals surface area contributed by atoms with Gasteiger partial charge in [-0.05, 0) is 55.6 Å². The summed E-state index contributed by atoms with van der Waals surface area (Å²) in [6, 6.07) is 11.3. The molecule has 20 heavy (non-hydrogen) atoms. The molecule has 0 aromatic heterocycles. The van der Waals surface area contributed by atoms with Crippen LogP contribution in [0.1, 0.15) is 17.2 Å². The van der Waals surface area contributed by atoms with Crippen molar-refractivity contribution in [2.45, 2.75) is 12.5 Å². The first-order valence-electron chi connectivity index (χ1n) is 5.97. The molecule has 1 N–H and O–H groups in total. The second-order valence-corrected chi connectivity index (χ2v) is 6.42. The minimum atomic E-state index is -0.653. The first-order valence-corrected chi connectivity index (χ1v) is 7.93. The molecule has 0 aliphatic rings. The highest BCUT2D eigenvalue weighted by atomic mass is 79.9. The molecule has 0 saturated carbocycles. The van der Waals surface area contributed by atoms with Gasteiger partial charge in [0.1, 0.15) is 5.75 Å². The quantitative estimate of drug-likeness (QED) is 0.741. The van der Waals surface area contributed by atoms with Gasteiger partial charge in [-0.2, -0.15) is 0 Å². The number of benzene rings is 2. The van der Waals surface area contributed by atoms with Gasteiger partial charge in [0.05, 0.1) is 22.7 Å².